The fourth-order valence-electron chi connectivity index (χ4n) is 2.92. The molecule has 1 N–H and O–H groups in total. The van der Waals surface area contributed by atoms with Gasteiger partial charge in [-0.1, -0.05) is 0 Å². The molecule has 2 aromatic rings. The zero-order valence-electron chi connectivity index (χ0n) is 12.3. The highest BCUT2D eigenvalue weighted by molar-refractivity contribution is 7.89. The van der Waals surface area contributed by atoms with E-state index in [0.717, 1.165) is 24.1 Å². The summed E-state index contributed by atoms with van der Waals surface area (Å²) in [5.74, 6) is -0.324. The lowest BCUT2D eigenvalue weighted by molar-refractivity contribution is 0.312. The maximum absolute atomic E-state index is 13.0. The smallest absolute Gasteiger partial charge is 0.243 e. The summed E-state index contributed by atoms with van der Waals surface area (Å²) in [6, 6.07) is 4.98. The molecule has 1 aromatic heterocycles. The van der Waals surface area contributed by atoms with Gasteiger partial charge in [0, 0.05) is 24.7 Å². The van der Waals surface area contributed by atoms with E-state index in [4.69, 9.17) is 0 Å². The van der Waals surface area contributed by atoms with Crippen molar-refractivity contribution in [3.05, 3.63) is 47.5 Å². The van der Waals surface area contributed by atoms with Crippen molar-refractivity contribution in [1.82, 2.24) is 14.5 Å². The van der Waals surface area contributed by atoms with Crippen molar-refractivity contribution in [2.75, 3.05) is 13.1 Å². The number of piperidine rings is 1. The van der Waals surface area contributed by atoms with Crippen LogP contribution in [0.3, 0.4) is 0 Å². The van der Waals surface area contributed by atoms with Crippen molar-refractivity contribution in [3.63, 3.8) is 0 Å². The number of aryl methyl sites for hydroxylation is 1. The molecular formula is C15H18FN3O2S. The maximum Gasteiger partial charge on any atom is 0.243 e. The molecule has 0 spiro atoms. The largest absolute Gasteiger partial charge is 0.282 e. The highest BCUT2D eigenvalue weighted by atomic mass is 32.2. The summed E-state index contributed by atoms with van der Waals surface area (Å²) in [6.07, 6.45) is 3.48. The van der Waals surface area contributed by atoms with Crippen LogP contribution in [-0.2, 0) is 10.0 Å². The number of benzene rings is 1. The first-order valence-corrected chi connectivity index (χ1v) is 8.68. The molecule has 5 nitrogen and oxygen atoms in total. The Bertz CT molecular complexity index is 755. The van der Waals surface area contributed by atoms with E-state index in [9.17, 15) is 12.8 Å². The van der Waals surface area contributed by atoms with E-state index < -0.39 is 15.8 Å². The average molecular weight is 323 g/mol. The lowest BCUT2D eigenvalue weighted by Crippen LogP contribution is -2.39. The molecule has 0 amide bonds. The number of aromatic nitrogens is 2. The van der Waals surface area contributed by atoms with Crippen LogP contribution in [0.15, 0.2) is 35.4 Å². The zero-order valence-corrected chi connectivity index (χ0v) is 13.1. The van der Waals surface area contributed by atoms with Crippen LogP contribution in [0.5, 0.6) is 0 Å². The summed E-state index contributed by atoms with van der Waals surface area (Å²) >= 11 is 0. The standard InChI is InChI=1S/C15H18FN3O2S/c1-11-9-17-18-15(11)12-3-2-8-19(10-12)22(20,21)14-6-4-13(16)5-7-14/h4-7,9,12H,2-3,8,10H2,1H3,(H,17,18). The third-order valence-electron chi connectivity index (χ3n) is 4.11. The highest BCUT2D eigenvalue weighted by Crippen LogP contribution is 2.30. The van der Waals surface area contributed by atoms with Crippen LogP contribution in [0.2, 0.25) is 0 Å². The molecule has 0 radical (unpaired) electrons. The van der Waals surface area contributed by atoms with E-state index in [1.807, 2.05) is 6.92 Å². The second kappa shape index (κ2) is 5.81. The van der Waals surface area contributed by atoms with Crippen LogP contribution in [0.4, 0.5) is 4.39 Å². The van der Waals surface area contributed by atoms with E-state index >= 15 is 0 Å². The Morgan fingerprint density at radius 1 is 1.32 bits per heavy atom. The summed E-state index contributed by atoms with van der Waals surface area (Å²) in [5, 5.41) is 6.99. The maximum atomic E-state index is 13.0. The van der Waals surface area contributed by atoms with E-state index in [1.165, 1.54) is 28.6 Å². The molecule has 3 rings (SSSR count). The van der Waals surface area contributed by atoms with Gasteiger partial charge in [-0.05, 0) is 49.6 Å². The predicted molar refractivity (Wildman–Crippen MR) is 80.5 cm³/mol. The molecule has 22 heavy (non-hydrogen) atoms. The molecule has 0 bridgehead atoms. The Kier molecular flexibility index (Phi) is 4.01. The molecule has 7 heteroatoms. The Hall–Kier alpha value is -1.73. The molecule has 1 saturated heterocycles. The van der Waals surface area contributed by atoms with E-state index in [2.05, 4.69) is 10.2 Å². The number of aromatic amines is 1. The lowest BCUT2D eigenvalue weighted by atomic mass is 9.94. The summed E-state index contributed by atoms with van der Waals surface area (Å²) in [5.41, 5.74) is 2.05. The molecule has 1 atom stereocenters. The van der Waals surface area contributed by atoms with Crippen molar-refractivity contribution < 1.29 is 12.8 Å². The quantitative estimate of drug-likeness (QED) is 0.943. The number of sulfonamides is 1. The molecule has 0 saturated carbocycles. The summed E-state index contributed by atoms with van der Waals surface area (Å²) in [4.78, 5) is 0.135. The minimum Gasteiger partial charge on any atom is -0.282 e. The number of nitrogens with one attached hydrogen (secondary N) is 1. The third-order valence-corrected chi connectivity index (χ3v) is 5.99. The predicted octanol–water partition coefficient (Wildman–Crippen LogP) is 2.43. The fourth-order valence-corrected chi connectivity index (χ4v) is 4.45. The number of hydrogen-bond donors (Lipinski definition) is 1. The molecule has 1 fully saturated rings. The third kappa shape index (κ3) is 2.78. The molecule has 0 aliphatic carbocycles. The van der Waals surface area contributed by atoms with Gasteiger partial charge < -0.3 is 0 Å². The van der Waals surface area contributed by atoms with Crippen molar-refractivity contribution in [1.29, 1.82) is 0 Å². The molecule has 1 aliphatic heterocycles. The molecular weight excluding hydrogens is 305 g/mol. The van der Waals surface area contributed by atoms with Gasteiger partial charge in [-0.3, -0.25) is 5.10 Å². The van der Waals surface area contributed by atoms with E-state index in [1.54, 1.807) is 6.20 Å². The van der Waals surface area contributed by atoms with E-state index in [-0.39, 0.29) is 10.8 Å². The molecule has 118 valence electrons. The van der Waals surface area contributed by atoms with E-state index in [0.29, 0.717) is 13.1 Å². The molecule has 1 aromatic carbocycles. The average Bonchev–Trinajstić information content (AvgIpc) is 2.94. The summed E-state index contributed by atoms with van der Waals surface area (Å²) < 4.78 is 39.8. The van der Waals surface area contributed by atoms with Gasteiger partial charge in [0.05, 0.1) is 11.1 Å². The first-order chi connectivity index (χ1) is 10.5. The van der Waals surface area contributed by atoms with Crippen LogP contribution < -0.4 is 0 Å². The normalized spacial score (nSPS) is 20.2. The SMILES string of the molecule is Cc1cn[nH]c1C1CCCN(S(=O)(=O)c2ccc(F)cc2)C1. The van der Waals surface area contributed by atoms with Crippen LogP contribution in [0.1, 0.15) is 30.0 Å². The van der Waals surface area contributed by atoms with Crippen LogP contribution in [-0.4, -0.2) is 36.0 Å². The van der Waals surface area contributed by atoms with Gasteiger partial charge in [0.25, 0.3) is 0 Å². The number of halogens is 1. The number of H-pyrrole nitrogens is 1. The Balaban J connectivity index is 1.85. The Labute approximate surface area is 129 Å². The van der Waals surface area contributed by atoms with Crippen LogP contribution >= 0.6 is 0 Å². The highest BCUT2D eigenvalue weighted by Gasteiger charge is 2.31. The fraction of sp³-hybridized carbons (Fsp3) is 0.400. The van der Waals surface area contributed by atoms with Gasteiger partial charge in [-0.25, -0.2) is 12.8 Å². The molecule has 1 unspecified atom stereocenters. The minimum absolute atomic E-state index is 0.117. The van der Waals surface area contributed by atoms with Crippen LogP contribution in [0.25, 0.3) is 0 Å². The minimum atomic E-state index is -3.58. The van der Waals surface area contributed by atoms with Crippen molar-refractivity contribution in [2.45, 2.75) is 30.6 Å². The van der Waals surface area contributed by atoms with Crippen molar-refractivity contribution in [3.8, 4) is 0 Å². The first-order valence-electron chi connectivity index (χ1n) is 7.24. The molecule has 1 aliphatic rings. The zero-order chi connectivity index (χ0) is 15.7. The Morgan fingerprint density at radius 3 is 2.68 bits per heavy atom. The number of hydrogen-bond acceptors (Lipinski definition) is 3. The Morgan fingerprint density at radius 2 is 2.05 bits per heavy atom. The second-order valence-electron chi connectivity index (χ2n) is 5.62. The van der Waals surface area contributed by atoms with Crippen LogP contribution in [0, 0.1) is 12.7 Å². The first kappa shape index (κ1) is 15.2. The van der Waals surface area contributed by atoms with Gasteiger partial charge in [0.2, 0.25) is 10.0 Å². The van der Waals surface area contributed by atoms with Gasteiger partial charge in [0.15, 0.2) is 0 Å². The van der Waals surface area contributed by atoms with Crippen molar-refractivity contribution in [2.24, 2.45) is 0 Å². The van der Waals surface area contributed by atoms with Gasteiger partial charge >= 0.3 is 0 Å². The second-order valence-corrected chi connectivity index (χ2v) is 7.56. The summed E-state index contributed by atoms with van der Waals surface area (Å²) in [6.45, 7) is 2.87. The van der Waals surface area contributed by atoms with Gasteiger partial charge in [0.1, 0.15) is 5.82 Å². The topological polar surface area (TPSA) is 66.1 Å². The van der Waals surface area contributed by atoms with Gasteiger partial charge in [-0.2, -0.15) is 9.40 Å². The van der Waals surface area contributed by atoms with Crippen molar-refractivity contribution >= 4 is 10.0 Å². The lowest BCUT2D eigenvalue weighted by Gasteiger charge is -2.31. The number of rotatable bonds is 3. The monoisotopic (exact) mass is 323 g/mol. The number of nitrogens with zero attached hydrogens (tertiary/aromatic N) is 2. The molecule has 2 heterocycles. The summed E-state index contributed by atoms with van der Waals surface area (Å²) in [7, 11) is -3.58. The van der Waals surface area contributed by atoms with Gasteiger partial charge in [-0.15, -0.1) is 0 Å².